The number of carbonyl (C=O) groups excluding carboxylic acids is 3. The Bertz CT molecular complexity index is 1080. The molecule has 0 spiro atoms. The number of rotatable bonds is 15. The van der Waals surface area contributed by atoms with E-state index in [1.165, 1.54) is 4.90 Å². The number of hydrogen-bond donors (Lipinski definition) is 1. The van der Waals surface area contributed by atoms with Crippen molar-refractivity contribution in [2.24, 2.45) is 0 Å². The lowest BCUT2D eigenvalue weighted by Gasteiger charge is -2.40. The zero-order valence-corrected chi connectivity index (χ0v) is 24.2. The molecule has 1 N–H and O–H groups in total. The largest absolute Gasteiger partial charge is 0.480 e. The minimum Gasteiger partial charge on any atom is -0.480 e. The van der Waals surface area contributed by atoms with E-state index in [2.05, 4.69) is 0 Å². The number of aliphatic carboxylic acids is 1. The smallest absolute Gasteiger partial charge is 0.326 e. The zero-order chi connectivity index (χ0) is 29.8. The van der Waals surface area contributed by atoms with Gasteiger partial charge in [-0.1, -0.05) is 60.7 Å². The molecule has 222 valence electrons. The summed E-state index contributed by atoms with van der Waals surface area (Å²) in [6, 6.07) is 15.5. The number of ether oxygens (including phenoxy) is 2. The monoisotopic (exact) mass is 566 g/mol. The van der Waals surface area contributed by atoms with E-state index in [0.717, 1.165) is 11.1 Å². The fourth-order valence-corrected chi connectivity index (χ4v) is 5.56. The molecule has 1 aliphatic rings. The Hall–Kier alpha value is -3.72. The fourth-order valence-electron chi connectivity index (χ4n) is 5.56. The van der Waals surface area contributed by atoms with Crippen LogP contribution in [-0.2, 0) is 41.5 Å². The van der Waals surface area contributed by atoms with Crippen molar-refractivity contribution in [3.63, 3.8) is 0 Å². The van der Waals surface area contributed by atoms with Crippen LogP contribution in [0.5, 0.6) is 0 Å². The number of carboxylic acids is 1. The molecular formula is C32H42N2O7. The lowest BCUT2D eigenvalue weighted by molar-refractivity contribution is -0.164. The Kier molecular flexibility index (Phi) is 12.3. The third-order valence-corrected chi connectivity index (χ3v) is 7.56. The van der Waals surface area contributed by atoms with Gasteiger partial charge < -0.3 is 19.5 Å². The molecule has 2 aromatic rings. The number of aryl methyl sites for hydroxylation is 2. The van der Waals surface area contributed by atoms with E-state index in [9.17, 15) is 24.3 Å². The number of likely N-dealkylation sites (tertiary alicyclic amines) is 1. The van der Waals surface area contributed by atoms with Gasteiger partial charge in [-0.2, -0.15) is 0 Å². The third kappa shape index (κ3) is 8.63. The van der Waals surface area contributed by atoms with E-state index in [0.29, 0.717) is 45.1 Å². The summed E-state index contributed by atoms with van der Waals surface area (Å²) in [4.78, 5) is 56.0. The number of nitrogens with zero attached hydrogens (tertiary/aromatic N) is 2. The second kappa shape index (κ2) is 15.9. The molecule has 0 unspecified atom stereocenters. The normalized spacial score (nSPS) is 17.1. The summed E-state index contributed by atoms with van der Waals surface area (Å²) < 4.78 is 11.0. The van der Waals surface area contributed by atoms with Crippen molar-refractivity contribution in [3.05, 3.63) is 71.8 Å². The van der Waals surface area contributed by atoms with Gasteiger partial charge in [-0.3, -0.25) is 19.3 Å². The van der Waals surface area contributed by atoms with Gasteiger partial charge in [-0.25, -0.2) is 4.79 Å². The molecule has 3 rings (SSSR count). The topological polar surface area (TPSA) is 113 Å². The molecule has 1 amide bonds. The number of esters is 2. The molecule has 1 heterocycles. The predicted octanol–water partition coefficient (Wildman–Crippen LogP) is 3.88. The first-order valence-corrected chi connectivity index (χ1v) is 14.5. The quantitative estimate of drug-likeness (QED) is 0.323. The first kappa shape index (κ1) is 31.8. The molecule has 0 radical (unpaired) electrons. The minimum atomic E-state index is -1.06. The third-order valence-electron chi connectivity index (χ3n) is 7.56. The van der Waals surface area contributed by atoms with E-state index in [1.54, 1.807) is 25.7 Å². The Morgan fingerprint density at radius 3 is 1.73 bits per heavy atom. The van der Waals surface area contributed by atoms with Gasteiger partial charge in [0.25, 0.3) is 0 Å². The van der Waals surface area contributed by atoms with E-state index < -0.39 is 48.0 Å². The molecule has 4 atom stereocenters. The molecule has 0 bridgehead atoms. The van der Waals surface area contributed by atoms with E-state index in [-0.39, 0.29) is 13.2 Å². The lowest BCUT2D eigenvalue weighted by atomic mass is 9.96. The van der Waals surface area contributed by atoms with E-state index >= 15 is 0 Å². The Morgan fingerprint density at radius 1 is 0.854 bits per heavy atom. The average molecular weight is 567 g/mol. The van der Waals surface area contributed by atoms with Crippen LogP contribution < -0.4 is 0 Å². The van der Waals surface area contributed by atoms with Crippen LogP contribution in [0.15, 0.2) is 60.7 Å². The fraction of sp³-hybridized carbons (Fsp3) is 0.500. The van der Waals surface area contributed by atoms with E-state index in [1.807, 2.05) is 60.7 Å². The van der Waals surface area contributed by atoms with Crippen molar-refractivity contribution in [3.8, 4) is 0 Å². The summed E-state index contributed by atoms with van der Waals surface area (Å²) in [5, 5.41) is 9.75. The highest BCUT2D eigenvalue weighted by Gasteiger charge is 2.45. The molecule has 0 saturated carbocycles. The van der Waals surface area contributed by atoms with Gasteiger partial charge >= 0.3 is 17.9 Å². The molecule has 2 aromatic carbocycles. The maximum Gasteiger partial charge on any atom is 0.326 e. The van der Waals surface area contributed by atoms with Crippen molar-refractivity contribution < 1.29 is 33.8 Å². The minimum absolute atomic E-state index is 0.137. The van der Waals surface area contributed by atoms with Crippen LogP contribution in [0.1, 0.15) is 57.6 Å². The van der Waals surface area contributed by atoms with Crippen molar-refractivity contribution in [2.75, 3.05) is 19.8 Å². The van der Waals surface area contributed by atoms with Crippen LogP contribution in [0, 0.1) is 0 Å². The summed E-state index contributed by atoms with van der Waals surface area (Å²) in [5.41, 5.74) is 2.01. The number of hydrogen-bond acceptors (Lipinski definition) is 7. The highest BCUT2D eigenvalue weighted by molar-refractivity contribution is 5.89. The van der Waals surface area contributed by atoms with Crippen molar-refractivity contribution in [2.45, 2.75) is 83.5 Å². The van der Waals surface area contributed by atoms with Gasteiger partial charge in [0.1, 0.15) is 18.1 Å². The number of amides is 1. The maximum atomic E-state index is 13.9. The highest BCUT2D eigenvalue weighted by atomic mass is 16.5. The average Bonchev–Trinajstić information content (AvgIpc) is 3.47. The highest BCUT2D eigenvalue weighted by Crippen LogP contribution is 2.26. The summed E-state index contributed by atoms with van der Waals surface area (Å²) in [6.45, 7) is 5.64. The van der Waals surface area contributed by atoms with Gasteiger partial charge in [0, 0.05) is 6.54 Å². The van der Waals surface area contributed by atoms with Crippen LogP contribution in [0.3, 0.4) is 0 Å². The second-order valence-corrected chi connectivity index (χ2v) is 10.2. The maximum absolute atomic E-state index is 13.9. The summed E-state index contributed by atoms with van der Waals surface area (Å²) >= 11 is 0. The van der Waals surface area contributed by atoms with Gasteiger partial charge in [0.15, 0.2) is 0 Å². The Balaban J connectivity index is 2.04. The summed E-state index contributed by atoms with van der Waals surface area (Å²) in [6.07, 6.45) is 2.54. The number of carbonyl (C=O) groups is 4. The standard InChI is InChI=1S/C32H42N2O7/c1-4-40-31(38)27(20-18-24-13-8-6-9-14-24)34(23(3)29(35)33-22-12-17-26(33)30(36)37)28(32(39)41-5-2)21-19-25-15-10-7-11-16-25/h6-11,13-16,23,26-28H,4-5,12,17-22H2,1-3H3,(H,36,37)/t23-,26-,27-,28-/m0/s1. The number of carboxylic acid groups (broad SMARTS) is 1. The Morgan fingerprint density at radius 2 is 1.32 bits per heavy atom. The van der Waals surface area contributed by atoms with Gasteiger partial charge in [-0.15, -0.1) is 0 Å². The van der Waals surface area contributed by atoms with Crippen LogP contribution in [0.4, 0.5) is 0 Å². The lowest BCUT2D eigenvalue weighted by Crippen LogP contribution is -2.60. The predicted molar refractivity (Wildman–Crippen MR) is 154 cm³/mol. The molecule has 1 fully saturated rings. The van der Waals surface area contributed by atoms with E-state index in [4.69, 9.17) is 9.47 Å². The Labute approximate surface area is 242 Å². The molecule has 0 aromatic heterocycles. The first-order chi connectivity index (χ1) is 19.8. The first-order valence-electron chi connectivity index (χ1n) is 14.5. The number of benzene rings is 2. The van der Waals surface area contributed by atoms with Crippen molar-refractivity contribution in [1.82, 2.24) is 9.80 Å². The molecular weight excluding hydrogens is 524 g/mol. The van der Waals surface area contributed by atoms with Gasteiger partial charge in [0.05, 0.1) is 19.3 Å². The second-order valence-electron chi connectivity index (χ2n) is 10.2. The SMILES string of the molecule is CCOC(=O)[C@H](CCc1ccccc1)N([C@@H](C)C(=O)N1CCC[C@H]1C(=O)O)[C@@H](CCc1ccccc1)C(=O)OCC. The van der Waals surface area contributed by atoms with Crippen LogP contribution in [-0.4, -0.2) is 82.6 Å². The van der Waals surface area contributed by atoms with Crippen molar-refractivity contribution >= 4 is 23.8 Å². The molecule has 1 saturated heterocycles. The van der Waals surface area contributed by atoms with Gasteiger partial charge in [-0.05, 0) is 70.4 Å². The van der Waals surface area contributed by atoms with Gasteiger partial charge in [0.2, 0.25) is 5.91 Å². The summed E-state index contributed by atoms with van der Waals surface area (Å²) in [7, 11) is 0. The van der Waals surface area contributed by atoms with Crippen LogP contribution in [0.2, 0.25) is 0 Å². The van der Waals surface area contributed by atoms with Crippen molar-refractivity contribution in [1.29, 1.82) is 0 Å². The molecule has 1 aliphatic heterocycles. The molecule has 41 heavy (non-hydrogen) atoms. The molecule has 0 aliphatic carbocycles. The zero-order valence-electron chi connectivity index (χ0n) is 24.2. The molecule has 9 heteroatoms. The van der Waals surface area contributed by atoms with Crippen LogP contribution in [0.25, 0.3) is 0 Å². The molecule has 9 nitrogen and oxygen atoms in total. The van der Waals surface area contributed by atoms with Crippen LogP contribution >= 0.6 is 0 Å². The summed E-state index contributed by atoms with van der Waals surface area (Å²) in [5.74, 6) is -2.56.